The van der Waals surface area contributed by atoms with Gasteiger partial charge in [0.05, 0.1) is 13.2 Å². The first kappa shape index (κ1) is 27.8. The smallest absolute Gasteiger partial charge is 0.250 e. The van der Waals surface area contributed by atoms with E-state index in [2.05, 4.69) is 28.6 Å². The van der Waals surface area contributed by atoms with Crippen molar-refractivity contribution in [3.8, 4) is 11.5 Å². The second-order valence-corrected chi connectivity index (χ2v) is 7.02. The lowest BCUT2D eigenvalue weighted by Crippen LogP contribution is -2.38. The third-order valence-corrected chi connectivity index (χ3v) is 4.63. The third kappa shape index (κ3) is 9.93. The Morgan fingerprint density at radius 1 is 1.00 bits per heavy atom. The number of guanidine groups is 1. The number of ether oxygens (including phenoxy) is 2. The van der Waals surface area contributed by atoms with Gasteiger partial charge in [-0.2, -0.15) is 0 Å². The molecule has 0 aliphatic heterocycles. The van der Waals surface area contributed by atoms with E-state index in [0.717, 1.165) is 56.4 Å². The molecule has 0 saturated heterocycles. The van der Waals surface area contributed by atoms with Gasteiger partial charge < -0.3 is 24.7 Å². The minimum atomic E-state index is 0. The van der Waals surface area contributed by atoms with Crippen molar-refractivity contribution in [1.82, 2.24) is 15.2 Å². The lowest BCUT2D eigenvalue weighted by molar-refractivity contribution is 0.287. The summed E-state index contributed by atoms with van der Waals surface area (Å²) in [6.07, 6.45) is 4.52. The van der Waals surface area contributed by atoms with Crippen LogP contribution in [0.5, 0.6) is 11.5 Å². The maximum atomic E-state index is 11.7. The summed E-state index contributed by atoms with van der Waals surface area (Å²) in [5.74, 6) is 2.39. The lowest BCUT2D eigenvalue weighted by atomic mass is 10.1. The molecule has 0 fully saturated rings. The molecule has 2 rings (SSSR count). The fourth-order valence-corrected chi connectivity index (χ4v) is 3.15. The summed E-state index contributed by atoms with van der Waals surface area (Å²) in [6.45, 7) is 10.2. The predicted octanol–water partition coefficient (Wildman–Crippen LogP) is 3.84. The molecule has 32 heavy (non-hydrogen) atoms. The number of hydrogen-bond donors (Lipinski definition) is 2. The summed E-state index contributed by atoms with van der Waals surface area (Å²) in [6, 6.07) is 11.3. The van der Waals surface area contributed by atoms with Crippen molar-refractivity contribution in [3.05, 3.63) is 58.5 Å². The molecule has 178 valence electrons. The largest absolute Gasteiger partial charge is 0.490 e. The fourth-order valence-electron chi connectivity index (χ4n) is 3.15. The first-order valence-electron chi connectivity index (χ1n) is 11.2. The molecule has 0 saturated carbocycles. The van der Waals surface area contributed by atoms with E-state index in [9.17, 15) is 4.79 Å². The van der Waals surface area contributed by atoms with Gasteiger partial charge in [0.2, 0.25) is 5.56 Å². The second-order valence-electron chi connectivity index (χ2n) is 7.02. The average Bonchev–Trinajstić information content (AvgIpc) is 2.76. The Hall–Kier alpha value is -2.23. The van der Waals surface area contributed by atoms with Crippen LogP contribution in [0.15, 0.2) is 52.4 Å². The number of benzene rings is 1. The number of halogens is 1. The van der Waals surface area contributed by atoms with E-state index in [1.807, 2.05) is 38.2 Å². The Kier molecular flexibility index (Phi) is 14.3. The zero-order valence-electron chi connectivity index (χ0n) is 19.4. The Morgan fingerprint density at radius 3 is 2.50 bits per heavy atom. The van der Waals surface area contributed by atoms with Gasteiger partial charge in [-0.25, -0.2) is 0 Å². The molecule has 1 heterocycles. The van der Waals surface area contributed by atoms with Crippen LogP contribution in [0.4, 0.5) is 0 Å². The maximum Gasteiger partial charge on any atom is 0.250 e. The Balaban J connectivity index is 0.00000512. The molecule has 8 heteroatoms. The van der Waals surface area contributed by atoms with Gasteiger partial charge in [0.25, 0.3) is 0 Å². The molecule has 0 spiro atoms. The highest BCUT2D eigenvalue weighted by molar-refractivity contribution is 14.0. The van der Waals surface area contributed by atoms with Crippen LogP contribution in [-0.4, -0.2) is 43.4 Å². The molecule has 0 aliphatic rings. The predicted molar refractivity (Wildman–Crippen MR) is 142 cm³/mol. The Morgan fingerprint density at radius 2 is 1.78 bits per heavy atom. The molecule has 0 atom stereocenters. The van der Waals surface area contributed by atoms with Crippen molar-refractivity contribution in [2.75, 3.05) is 32.8 Å². The number of nitrogens with zero attached hydrogens (tertiary/aromatic N) is 2. The molecular weight excluding hydrogens is 519 g/mol. The van der Waals surface area contributed by atoms with E-state index in [-0.39, 0.29) is 29.5 Å². The normalized spacial score (nSPS) is 10.9. The molecule has 1 aromatic heterocycles. The molecule has 1 aromatic carbocycles. The summed E-state index contributed by atoms with van der Waals surface area (Å²) < 4.78 is 13.1. The molecule has 0 unspecified atom stereocenters. The summed E-state index contributed by atoms with van der Waals surface area (Å²) in [5, 5.41) is 6.67. The zero-order chi connectivity index (χ0) is 22.3. The standard InChI is InChI=1S/C24H36N4O3.HI/c1-4-25-24(26-15-8-10-18-28-17-9-7-11-23(28)29)27-16-14-20-12-13-21(30-5-2)22(19-20)31-6-3;/h7,9,11-13,17,19H,4-6,8,10,14-16,18H2,1-3H3,(H2,25,26,27);1H. The highest BCUT2D eigenvalue weighted by atomic mass is 127. The minimum absolute atomic E-state index is 0. The highest BCUT2D eigenvalue weighted by Crippen LogP contribution is 2.28. The molecule has 0 amide bonds. The molecule has 2 aromatic rings. The van der Waals surface area contributed by atoms with E-state index < -0.39 is 0 Å². The third-order valence-electron chi connectivity index (χ3n) is 4.63. The van der Waals surface area contributed by atoms with E-state index in [1.54, 1.807) is 16.7 Å². The van der Waals surface area contributed by atoms with Gasteiger partial charge in [-0.3, -0.25) is 9.79 Å². The van der Waals surface area contributed by atoms with Gasteiger partial charge in [-0.1, -0.05) is 12.1 Å². The van der Waals surface area contributed by atoms with E-state index in [0.29, 0.717) is 19.8 Å². The Bertz CT molecular complexity index is 870. The maximum absolute atomic E-state index is 11.7. The zero-order valence-corrected chi connectivity index (χ0v) is 21.8. The van der Waals surface area contributed by atoms with Crippen LogP contribution in [0.25, 0.3) is 0 Å². The number of hydrogen-bond acceptors (Lipinski definition) is 4. The number of aryl methyl sites for hydroxylation is 1. The van der Waals surface area contributed by atoms with Crippen LogP contribution in [0.3, 0.4) is 0 Å². The summed E-state index contributed by atoms with van der Waals surface area (Å²) in [4.78, 5) is 16.4. The first-order chi connectivity index (χ1) is 15.2. The van der Waals surface area contributed by atoms with Crippen LogP contribution >= 0.6 is 24.0 Å². The summed E-state index contributed by atoms with van der Waals surface area (Å²) in [7, 11) is 0. The van der Waals surface area contributed by atoms with Crippen LogP contribution < -0.4 is 25.7 Å². The fraction of sp³-hybridized carbons (Fsp3) is 0.500. The van der Waals surface area contributed by atoms with Crippen LogP contribution in [0, 0.1) is 0 Å². The first-order valence-corrected chi connectivity index (χ1v) is 11.2. The van der Waals surface area contributed by atoms with Crippen molar-refractivity contribution >= 4 is 29.9 Å². The summed E-state index contributed by atoms with van der Waals surface area (Å²) in [5.41, 5.74) is 1.23. The Labute approximate surface area is 208 Å². The number of aromatic nitrogens is 1. The van der Waals surface area contributed by atoms with E-state index in [1.165, 1.54) is 5.56 Å². The second kappa shape index (κ2) is 16.4. The van der Waals surface area contributed by atoms with E-state index >= 15 is 0 Å². The average molecular weight is 556 g/mol. The van der Waals surface area contributed by atoms with Gasteiger partial charge in [0.1, 0.15) is 0 Å². The SMILES string of the molecule is CCNC(=NCCCCn1ccccc1=O)NCCc1ccc(OCC)c(OCC)c1.I. The minimum Gasteiger partial charge on any atom is -0.490 e. The van der Waals surface area contributed by atoms with Gasteiger partial charge in [0.15, 0.2) is 17.5 Å². The van der Waals surface area contributed by atoms with Gasteiger partial charge >= 0.3 is 0 Å². The van der Waals surface area contributed by atoms with Crippen LogP contribution in [0.2, 0.25) is 0 Å². The monoisotopic (exact) mass is 556 g/mol. The van der Waals surface area contributed by atoms with Crippen molar-refractivity contribution in [2.45, 2.75) is 46.6 Å². The van der Waals surface area contributed by atoms with Crippen LogP contribution in [-0.2, 0) is 13.0 Å². The number of pyridine rings is 1. The quantitative estimate of drug-likeness (QED) is 0.170. The van der Waals surface area contributed by atoms with Crippen molar-refractivity contribution in [1.29, 1.82) is 0 Å². The van der Waals surface area contributed by atoms with Crippen molar-refractivity contribution in [3.63, 3.8) is 0 Å². The van der Waals surface area contributed by atoms with Crippen molar-refractivity contribution < 1.29 is 9.47 Å². The molecule has 0 aliphatic carbocycles. The number of aliphatic imine (C=N–C) groups is 1. The van der Waals surface area contributed by atoms with E-state index in [4.69, 9.17) is 9.47 Å². The number of unbranched alkanes of at least 4 members (excludes halogenated alkanes) is 1. The van der Waals surface area contributed by atoms with Gasteiger partial charge in [-0.15, -0.1) is 24.0 Å². The lowest BCUT2D eigenvalue weighted by Gasteiger charge is -2.14. The molecular formula is C24H37IN4O3. The summed E-state index contributed by atoms with van der Waals surface area (Å²) >= 11 is 0. The molecule has 0 radical (unpaired) electrons. The molecule has 0 bridgehead atoms. The molecule has 2 N–H and O–H groups in total. The van der Waals surface area contributed by atoms with Crippen molar-refractivity contribution in [2.24, 2.45) is 4.99 Å². The van der Waals surface area contributed by atoms with Gasteiger partial charge in [-0.05, 0) is 63.8 Å². The highest BCUT2D eigenvalue weighted by Gasteiger charge is 2.06. The number of nitrogens with one attached hydrogen (secondary N) is 2. The topological polar surface area (TPSA) is 76.9 Å². The van der Waals surface area contributed by atoms with Crippen LogP contribution in [0.1, 0.15) is 39.2 Å². The molecule has 7 nitrogen and oxygen atoms in total. The number of rotatable bonds is 13. The van der Waals surface area contributed by atoms with Gasteiger partial charge in [0, 0.05) is 38.4 Å².